The first kappa shape index (κ1) is 14.7. The van der Waals surface area contributed by atoms with E-state index in [1.54, 1.807) is 29.6 Å². The van der Waals surface area contributed by atoms with E-state index in [1.807, 2.05) is 0 Å². The van der Waals surface area contributed by atoms with Crippen molar-refractivity contribution in [1.82, 2.24) is 0 Å². The van der Waals surface area contributed by atoms with Crippen LogP contribution in [0.4, 0.5) is 24.5 Å². The van der Waals surface area contributed by atoms with Crippen LogP contribution in [0.15, 0.2) is 48.5 Å². The molecular weight excluding hydrogens is 285 g/mol. The molecule has 3 N–H and O–H groups in total. The fraction of sp³-hybridized carbons (Fsp3) is 0.0714. The number of amides is 1. The topological polar surface area (TPSA) is 64.3 Å². The minimum Gasteiger partial charge on any atom is -0.457 e. The molecule has 21 heavy (non-hydrogen) atoms. The number of carbonyl (C=O) groups is 1. The Hall–Kier alpha value is -2.70. The number of benzene rings is 2. The van der Waals surface area contributed by atoms with E-state index in [2.05, 4.69) is 0 Å². The summed E-state index contributed by atoms with van der Waals surface area (Å²) >= 11 is 0. The van der Waals surface area contributed by atoms with E-state index < -0.39 is 12.1 Å². The molecule has 0 heterocycles. The summed E-state index contributed by atoms with van der Waals surface area (Å²) in [6.07, 6.45) is -4.92. The number of nitrogen functional groups attached to an aromatic ring is 1. The molecule has 7 heteroatoms. The molecule has 0 aliphatic rings. The van der Waals surface area contributed by atoms with Crippen LogP contribution in [0.2, 0.25) is 0 Å². The molecule has 110 valence electrons. The molecule has 2 aromatic carbocycles. The van der Waals surface area contributed by atoms with E-state index in [-0.39, 0.29) is 5.69 Å². The van der Waals surface area contributed by atoms with Gasteiger partial charge in [-0.2, -0.15) is 13.2 Å². The Morgan fingerprint density at radius 1 is 0.952 bits per heavy atom. The van der Waals surface area contributed by atoms with E-state index in [0.717, 1.165) is 0 Å². The number of rotatable bonds is 3. The van der Waals surface area contributed by atoms with Gasteiger partial charge in [-0.1, -0.05) is 0 Å². The average molecular weight is 296 g/mol. The van der Waals surface area contributed by atoms with Gasteiger partial charge in [0.05, 0.1) is 0 Å². The third kappa shape index (κ3) is 4.13. The van der Waals surface area contributed by atoms with E-state index in [4.69, 9.17) is 10.5 Å². The molecule has 0 spiro atoms. The molecule has 0 aromatic heterocycles. The Balaban J connectivity index is 2.02. The second kappa shape index (κ2) is 5.74. The molecule has 0 fully saturated rings. The second-order valence-corrected chi connectivity index (χ2v) is 4.15. The molecule has 0 aliphatic carbocycles. The van der Waals surface area contributed by atoms with Crippen molar-refractivity contribution in [1.29, 1.82) is 0 Å². The Kier molecular flexibility index (Phi) is 4.02. The van der Waals surface area contributed by atoms with Gasteiger partial charge < -0.3 is 15.8 Å². The summed E-state index contributed by atoms with van der Waals surface area (Å²) < 4.78 is 41.7. The highest BCUT2D eigenvalue weighted by Gasteiger charge is 2.38. The lowest BCUT2D eigenvalue weighted by Gasteiger charge is -2.09. The summed E-state index contributed by atoms with van der Waals surface area (Å²) in [5.74, 6) is -1.06. The lowest BCUT2D eigenvalue weighted by Crippen LogP contribution is -2.29. The number of carbonyl (C=O) groups excluding carboxylic acids is 1. The first-order valence-corrected chi connectivity index (χ1v) is 5.86. The fourth-order valence-corrected chi connectivity index (χ4v) is 1.48. The van der Waals surface area contributed by atoms with Crippen molar-refractivity contribution in [3.05, 3.63) is 48.5 Å². The Bertz CT molecular complexity index is 622. The van der Waals surface area contributed by atoms with Gasteiger partial charge in [0.1, 0.15) is 11.5 Å². The molecule has 0 aliphatic heterocycles. The molecule has 0 saturated carbocycles. The first-order valence-electron chi connectivity index (χ1n) is 5.86. The quantitative estimate of drug-likeness (QED) is 0.851. The number of alkyl halides is 3. The summed E-state index contributed by atoms with van der Waals surface area (Å²) in [6, 6.07) is 12.2. The number of ether oxygens (including phenoxy) is 1. The number of hydrogen-bond donors (Lipinski definition) is 2. The molecule has 2 aromatic rings. The van der Waals surface area contributed by atoms with Crippen molar-refractivity contribution in [2.24, 2.45) is 0 Å². The van der Waals surface area contributed by atoms with Gasteiger partial charge in [-0.05, 0) is 48.5 Å². The van der Waals surface area contributed by atoms with Crippen LogP contribution in [-0.2, 0) is 4.79 Å². The van der Waals surface area contributed by atoms with Gasteiger partial charge in [0, 0.05) is 11.4 Å². The normalized spacial score (nSPS) is 11.0. The zero-order valence-corrected chi connectivity index (χ0v) is 10.6. The van der Waals surface area contributed by atoms with E-state index >= 15 is 0 Å². The van der Waals surface area contributed by atoms with Crippen molar-refractivity contribution >= 4 is 17.3 Å². The van der Waals surface area contributed by atoms with Crippen LogP contribution in [0, 0.1) is 0 Å². The average Bonchev–Trinajstić information content (AvgIpc) is 2.42. The summed E-state index contributed by atoms with van der Waals surface area (Å²) in [4.78, 5) is 10.8. The van der Waals surface area contributed by atoms with Crippen LogP contribution in [-0.4, -0.2) is 12.1 Å². The smallest absolute Gasteiger partial charge is 0.457 e. The number of nitrogens with one attached hydrogen (secondary N) is 1. The SMILES string of the molecule is Nc1ccc(Oc2ccc(NC(=O)C(F)(F)F)cc2)cc1. The van der Waals surface area contributed by atoms with Crippen LogP contribution in [0.3, 0.4) is 0 Å². The molecule has 0 saturated heterocycles. The lowest BCUT2D eigenvalue weighted by atomic mass is 10.3. The second-order valence-electron chi connectivity index (χ2n) is 4.15. The Labute approximate surface area is 118 Å². The van der Waals surface area contributed by atoms with Crippen LogP contribution in [0.1, 0.15) is 0 Å². The third-order valence-electron chi connectivity index (χ3n) is 2.49. The predicted octanol–water partition coefficient (Wildman–Crippen LogP) is 3.56. The van der Waals surface area contributed by atoms with Gasteiger partial charge in [-0.25, -0.2) is 0 Å². The van der Waals surface area contributed by atoms with Crippen LogP contribution in [0.25, 0.3) is 0 Å². The number of nitrogens with two attached hydrogens (primary N) is 1. The molecule has 4 nitrogen and oxygen atoms in total. The highest BCUT2D eigenvalue weighted by Crippen LogP contribution is 2.24. The van der Waals surface area contributed by atoms with Crippen molar-refractivity contribution in [3.63, 3.8) is 0 Å². The number of hydrogen-bond acceptors (Lipinski definition) is 3. The maximum absolute atomic E-state index is 12.1. The fourth-order valence-electron chi connectivity index (χ4n) is 1.48. The maximum atomic E-state index is 12.1. The van der Waals surface area contributed by atoms with E-state index in [0.29, 0.717) is 17.2 Å². The summed E-state index contributed by atoms with van der Waals surface area (Å²) in [7, 11) is 0. The maximum Gasteiger partial charge on any atom is 0.471 e. The third-order valence-corrected chi connectivity index (χ3v) is 2.49. The standard InChI is InChI=1S/C14H11F3N2O2/c15-14(16,17)13(20)19-10-3-7-12(8-4-10)21-11-5-1-9(18)2-6-11/h1-8H,18H2,(H,19,20). The number of anilines is 2. The Morgan fingerprint density at radius 2 is 1.43 bits per heavy atom. The molecule has 1 amide bonds. The number of halogens is 3. The summed E-state index contributed by atoms with van der Waals surface area (Å²) in [6.45, 7) is 0. The van der Waals surface area contributed by atoms with Crippen LogP contribution in [0.5, 0.6) is 11.5 Å². The first-order chi connectivity index (χ1) is 9.84. The van der Waals surface area contributed by atoms with Gasteiger partial charge in [-0.3, -0.25) is 4.79 Å². The van der Waals surface area contributed by atoms with E-state index in [9.17, 15) is 18.0 Å². The van der Waals surface area contributed by atoms with Crippen molar-refractivity contribution in [3.8, 4) is 11.5 Å². The van der Waals surface area contributed by atoms with Crippen LogP contribution < -0.4 is 15.8 Å². The van der Waals surface area contributed by atoms with Gasteiger partial charge in [-0.15, -0.1) is 0 Å². The largest absolute Gasteiger partial charge is 0.471 e. The van der Waals surface area contributed by atoms with Crippen molar-refractivity contribution < 1.29 is 22.7 Å². The van der Waals surface area contributed by atoms with Gasteiger partial charge in [0.2, 0.25) is 0 Å². The molecule has 0 atom stereocenters. The Morgan fingerprint density at radius 3 is 1.90 bits per heavy atom. The van der Waals surface area contributed by atoms with Gasteiger partial charge in [0.25, 0.3) is 0 Å². The molecule has 0 unspecified atom stereocenters. The predicted molar refractivity (Wildman–Crippen MR) is 72.1 cm³/mol. The van der Waals surface area contributed by atoms with E-state index in [1.165, 1.54) is 24.3 Å². The lowest BCUT2D eigenvalue weighted by molar-refractivity contribution is -0.167. The van der Waals surface area contributed by atoms with Gasteiger partial charge >= 0.3 is 12.1 Å². The molecule has 0 bridgehead atoms. The minimum absolute atomic E-state index is 0.0296. The minimum atomic E-state index is -4.92. The zero-order valence-electron chi connectivity index (χ0n) is 10.6. The van der Waals surface area contributed by atoms with Crippen LogP contribution >= 0.6 is 0 Å². The van der Waals surface area contributed by atoms with Gasteiger partial charge in [0.15, 0.2) is 0 Å². The zero-order chi connectivity index (χ0) is 15.5. The summed E-state index contributed by atoms with van der Waals surface area (Å²) in [5.41, 5.74) is 6.15. The molecule has 2 rings (SSSR count). The summed E-state index contributed by atoms with van der Waals surface area (Å²) in [5, 5.41) is 1.74. The molecular formula is C14H11F3N2O2. The molecule has 0 radical (unpaired) electrons. The van der Waals surface area contributed by atoms with Crippen molar-refractivity contribution in [2.75, 3.05) is 11.1 Å². The highest BCUT2D eigenvalue weighted by atomic mass is 19.4. The van der Waals surface area contributed by atoms with Crippen molar-refractivity contribution in [2.45, 2.75) is 6.18 Å². The monoisotopic (exact) mass is 296 g/mol. The highest BCUT2D eigenvalue weighted by molar-refractivity contribution is 5.94.